The Kier molecular flexibility index (Phi) is 5.46. The lowest BCUT2D eigenvalue weighted by Crippen LogP contribution is -2.60. The summed E-state index contributed by atoms with van der Waals surface area (Å²) in [6.07, 6.45) is 7.87. The highest BCUT2D eigenvalue weighted by Crippen LogP contribution is 2.29. The molecule has 1 saturated heterocycles. The number of nitrogens with two attached hydrogens (primary N) is 1. The zero-order valence-corrected chi connectivity index (χ0v) is 10.8. The van der Waals surface area contributed by atoms with E-state index in [9.17, 15) is 0 Å². The Bertz CT molecular complexity index is 211. The summed E-state index contributed by atoms with van der Waals surface area (Å²) in [5.74, 6) is 5.73. The molecule has 2 atom stereocenters. The molecule has 0 aromatic heterocycles. The summed E-state index contributed by atoms with van der Waals surface area (Å²) in [7, 11) is 0. The van der Waals surface area contributed by atoms with Crippen molar-refractivity contribution in [2.45, 2.75) is 57.5 Å². The number of allylic oxidation sites excluding steroid dienone is 1. The molecular formula is C13H27N3. The van der Waals surface area contributed by atoms with Gasteiger partial charge in [0.15, 0.2) is 0 Å². The molecule has 16 heavy (non-hydrogen) atoms. The van der Waals surface area contributed by atoms with Crippen molar-refractivity contribution in [2.24, 2.45) is 5.84 Å². The van der Waals surface area contributed by atoms with Crippen LogP contribution in [0.5, 0.6) is 0 Å². The summed E-state index contributed by atoms with van der Waals surface area (Å²) >= 11 is 0. The molecule has 0 radical (unpaired) electrons. The fourth-order valence-electron chi connectivity index (χ4n) is 2.78. The van der Waals surface area contributed by atoms with Crippen LogP contribution < -0.4 is 11.3 Å². The molecule has 3 N–H and O–H groups in total. The van der Waals surface area contributed by atoms with Crippen LogP contribution in [0.1, 0.15) is 46.0 Å². The smallest absolute Gasteiger partial charge is 0.0394 e. The van der Waals surface area contributed by atoms with E-state index >= 15 is 0 Å². The molecule has 3 nitrogen and oxygen atoms in total. The van der Waals surface area contributed by atoms with Crippen molar-refractivity contribution in [3.8, 4) is 0 Å². The van der Waals surface area contributed by atoms with E-state index in [4.69, 9.17) is 5.84 Å². The average Bonchev–Trinajstić information content (AvgIpc) is 2.83. The van der Waals surface area contributed by atoms with E-state index in [1.165, 1.54) is 25.9 Å². The molecule has 1 rings (SSSR count). The minimum absolute atomic E-state index is 0.189. The molecule has 94 valence electrons. The molecule has 0 bridgehead atoms. The van der Waals surface area contributed by atoms with Gasteiger partial charge in [-0.3, -0.25) is 16.2 Å². The molecular weight excluding hydrogens is 198 g/mol. The van der Waals surface area contributed by atoms with Gasteiger partial charge in [0.25, 0.3) is 0 Å². The Balaban J connectivity index is 2.69. The van der Waals surface area contributed by atoms with Gasteiger partial charge in [-0.05, 0) is 52.1 Å². The Labute approximate surface area is 100 Å². The molecule has 0 saturated carbocycles. The van der Waals surface area contributed by atoms with Gasteiger partial charge in [0.2, 0.25) is 0 Å². The van der Waals surface area contributed by atoms with Crippen LogP contribution in [0.2, 0.25) is 0 Å². The van der Waals surface area contributed by atoms with Crippen LogP contribution in [0.15, 0.2) is 12.7 Å². The first-order valence-electron chi connectivity index (χ1n) is 6.51. The summed E-state index contributed by atoms with van der Waals surface area (Å²) in [5, 5.41) is 0. The average molecular weight is 225 g/mol. The van der Waals surface area contributed by atoms with Crippen LogP contribution in [0.3, 0.4) is 0 Å². The van der Waals surface area contributed by atoms with Gasteiger partial charge in [0, 0.05) is 11.6 Å². The summed E-state index contributed by atoms with van der Waals surface area (Å²) in [6, 6.07) is 0.355. The molecule has 2 unspecified atom stereocenters. The van der Waals surface area contributed by atoms with Gasteiger partial charge in [-0.25, -0.2) is 0 Å². The molecule has 0 amide bonds. The first kappa shape index (κ1) is 13.7. The molecule has 3 heteroatoms. The second-order valence-electron chi connectivity index (χ2n) is 4.99. The minimum Gasteiger partial charge on any atom is -0.296 e. The monoisotopic (exact) mass is 225 g/mol. The number of nitrogens with zero attached hydrogens (tertiary/aromatic N) is 1. The number of hydrogen-bond donors (Lipinski definition) is 2. The Hall–Kier alpha value is -0.380. The zero-order chi connectivity index (χ0) is 12.0. The van der Waals surface area contributed by atoms with E-state index in [-0.39, 0.29) is 5.54 Å². The molecule has 0 aromatic rings. The SMILES string of the molecule is C=CCCC(NN)C(C)(CC)N1CCCC1. The second-order valence-corrected chi connectivity index (χ2v) is 4.99. The summed E-state index contributed by atoms with van der Waals surface area (Å²) in [4.78, 5) is 2.60. The van der Waals surface area contributed by atoms with Crippen molar-refractivity contribution in [2.75, 3.05) is 13.1 Å². The topological polar surface area (TPSA) is 41.3 Å². The zero-order valence-electron chi connectivity index (χ0n) is 10.8. The van der Waals surface area contributed by atoms with Gasteiger partial charge in [0.05, 0.1) is 0 Å². The third-order valence-electron chi connectivity index (χ3n) is 4.16. The largest absolute Gasteiger partial charge is 0.296 e. The van der Waals surface area contributed by atoms with Crippen LogP contribution >= 0.6 is 0 Å². The molecule has 1 heterocycles. The molecule has 1 aliphatic heterocycles. The highest BCUT2D eigenvalue weighted by molar-refractivity contribution is 4.97. The van der Waals surface area contributed by atoms with Crippen LogP contribution in [0.4, 0.5) is 0 Å². The van der Waals surface area contributed by atoms with Gasteiger partial charge in [0.1, 0.15) is 0 Å². The van der Waals surface area contributed by atoms with Crippen molar-refractivity contribution >= 4 is 0 Å². The highest BCUT2D eigenvalue weighted by Gasteiger charge is 2.38. The van der Waals surface area contributed by atoms with Crippen LogP contribution in [-0.4, -0.2) is 29.6 Å². The molecule has 1 aliphatic rings. The van der Waals surface area contributed by atoms with E-state index in [2.05, 4.69) is 30.8 Å². The van der Waals surface area contributed by atoms with Crippen molar-refractivity contribution in [1.82, 2.24) is 10.3 Å². The lowest BCUT2D eigenvalue weighted by atomic mass is 9.85. The lowest BCUT2D eigenvalue weighted by Gasteiger charge is -2.44. The standard InChI is InChI=1S/C13H27N3/c1-4-6-9-12(15-14)13(3,5-2)16-10-7-8-11-16/h4,12,15H,1,5-11,14H2,2-3H3. The predicted octanol–water partition coefficient (Wildman–Crippen LogP) is 2.05. The number of hydrazine groups is 1. The third-order valence-corrected chi connectivity index (χ3v) is 4.16. The number of likely N-dealkylation sites (tertiary alicyclic amines) is 1. The van der Waals surface area contributed by atoms with Crippen LogP contribution in [0, 0.1) is 0 Å². The number of hydrogen-bond acceptors (Lipinski definition) is 3. The van der Waals surface area contributed by atoms with Crippen molar-refractivity contribution in [3.63, 3.8) is 0 Å². The summed E-state index contributed by atoms with van der Waals surface area (Å²) < 4.78 is 0. The normalized spacial score (nSPS) is 22.9. The highest BCUT2D eigenvalue weighted by atomic mass is 15.3. The quantitative estimate of drug-likeness (QED) is 0.396. The van der Waals surface area contributed by atoms with E-state index in [0.717, 1.165) is 19.3 Å². The van der Waals surface area contributed by atoms with E-state index in [1.807, 2.05) is 6.08 Å². The van der Waals surface area contributed by atoms with Crippen LogP contribution in [-0.2, 0) is 0 Å². The van der Waals surface area contributed by atoms with Gasteiger partial charge in [-0.15, -0.1) is 6.58 Å². The van der Waals surface area contributed by atoms with Crippen molar-refractivity contribution in [3.05, 3.63) is 12.7 Å². The maximum absolute atomic E-state index is 5.73. The molecule has 1 fully saturated rings. The van der Waals surface area contributed by atoms with E-state index in [1.54, 1.807) is 0 Å². The fraction of sp³-hybridized carbons (Fsp3) is 0.846. The lowest BCUT2D eigenvalue weighted by molar-refractivity contribution is 0.0807. The van der Waals surface area contributed by atoms with Gasteiger partial charge >= 0.3 is 0 Å². The first-order valence-corrected chi connectivity index (χ1v) is 6.51. The van der Waals surface area contributed by atoms with Gasteiger partial charge < -0.3 is 0 Å². The molecule has 0 spiro atoms. The second kappa shape index (κ2) is 6.38. The van der Waals surface area contributed by atoms with Gasteiger partial charge in [-0.2, -0.15) is 0 Å². The van der Waals surface area contributed by atoms with E-state index < -0.39 is 0 Å². The van der Waals surface area contributed by atoms with Crippen molar-refractivity contribution < 1.29 is 0 Å². The Morgan fingerprint density at radius 1 is 1.50 bits per heavy atom. The maximum Gasteiger partial charge on any atom is 0.0394 e. The fourth-order valence-corrected chi connectivity index (χ4v) is 2.78. The minimum atomic E-state index is 0.189. The number of rotatable bonds is 7. The predicted molar refractivity (Wildman–Crippen MR) is 70.0 cm³/mol. The Morgan fingerprint density at radius 2 is 2.12 bits per heavy atom. The Morgan fingerprint density at radius 3 is 2.56 bits per heavy atom. The molecule has 0 aromatic carbocycles. The first-order chi connectivity index (χ1) is 7.69. The maximum atomic E-state index is 5.73. The third kappa shape index (κ3) is 2.84. The van der Waals surface area contributed by atoms with E-state index in [0.29, 0.717) is 6.04 Å². The summed E-state index contributed by atoms with van der Waals surface area (Å²) in [5.41, 5.74) is 3.20. The summed E-state index contributed by atoms with van der Waals surface area (Å²) in [6.45, 7) is 10.8. The van der Waals surface area contributed by atoms with Crippen LogP contribution in [0.25, 0.3) is 0 Å². The van der Waals surface area contributed by atoms with Gasteiger partial charge in [-0.1, -0.05) is 13.0 Å². The van der Waals surface area contributed by atoms with Crippen molar-refractivity contribution in [1.29, 1.82) is 0 Å². The number of nitrogens with one attached hydrogen (secondary N) is 1. The molecule has 0 aliphatic carbocycles.